The summed E-state index contributed by atoms with van der Waals surface area (Å²) >= 11 is 0. The van der Waals surface area contributed by atoms with Gasteiger partial charge in [0.15, 0.2) is 0 Å². The highest BCUT2D eigenvalue weighted by molar-refractivity contribution is 5.89. The van der Waals surface area contributed by atoms with E-state index >= 15 is 0 Å². The molecular formula is C24H28F2N4O2. The topological polar surface area (TPSA) is 67.2 Å². The van der Waals surface area contributed by atoms with E-state index in [1.54, 1.807) is 30.1 Å². The summed E-state index contributed by atoms with van der Waals surface area (Å²) in [5.41, 5.74) is 0.261. The molecule has 0 aliphatic rings. The lowest BCUT2D eigenvalue weighted by atomic mass is 10.1. The lowest BCUT2D eigenvalue weighted by molar-refractivity contribution is 0.178. The van der Waals surface area contributed by atoms with Crippen molar-refractivity contribution in [1.82, 2.24) is 14.5 Å². The van der Waals surface area contributed by atoms with Crippen molar-refractivity contribution in [3.8, 4) is 0 Å². The minimum Gasteiger partial charge on any atom is -0.314 e. The Morgan fingerprint density at radius 2 is 1.91 bits per heavy atom. The minimum absolute atomic E-state index is 0.105. The van der Waals surface area contributed by atoms with Gasteiger partial charge in [-0.25, -0.2) is 18.6 Å². The van der Waals surface area contributed by atoms with Gasteiger partial charge in [0.05, 0.1) is 22.6 Å². The molecule has 2 aromatic carbocycles. The van der Waals surface area contributed by atoms with Crippen LogP contribution in [0.5, 0.6) is 0 Å². The number of fused-ring (bicyclic) bond motifs is 1. The molecule has 8 heteroatoms. The lowest BCUT2D eigenvalue weighted by Crippen LogP contribution is -2.41. The van der Waals surface area contributed by atoms with E-state index in [-0.39, 0.29) is 11.2 Å². The summed E-state index contributed by atoms with van der Waals surface area (Å²) in [5.74, 6) is -1.11. The summed E-state index contributed by atoms with van der Waals surface area (Å²) in [5, 5.41) is 3.05. The van der Waals surface area contributed by atoms with Crippen molar-refractivity contribution in [1.29, 1.82) is 0 Å². The van der Waals surface area contributed by atoms with Gasteiger partial charge in [0.2, 0.25) is 0 Å². The van der Waals surface area contributed by atoms with Gasteiger partial charge in [-0.3, -0.25) is 9.36 Å². The van der Waals surface area contributed by atoms with E-state index in [1.807, 2.05) is 13.0 Å². The van der Waals surface area contributed by atoms with Crippen molar-refractivity contribution < 1.29 is 13.6 Å². The molecule has 1 N–H and O–H groups in total. The van der Waals surface area contributed by atoms with Crippen LogP contribution in [0.15, 0.2) is 47.3 Å². The van der Waals surface area contributed by atoms with E-state index < -0.39 is 23.7 Å². The van der Waals surface area contributed by atoms with Crippen LogP contribution < -0.4 is 10.9 Å². The molecule has 32 heavy (non-hydrogen) atoms. The summed E-state index contributed by atoms with van der Waals surface area (Å²) in [4.78, 5) is 32.4. The largest absolute Gasteiger partial charge is 0.322 e. The van der Waals surface area contributed by atoms with Crippen molar-refractivity contribution in [2.45, 2.75) is 45.6 Å². The molecule has 1 unspecified atom stereocenters. The van der Waals surface area contributed by atoms with Gasteiger partial charge in [0, 0.05) is 19.7 Å². The summed E-state index contributed by atoms with van der Waals surface area (Å²) in [7, 11) is 1.64. The lowest BCUT2D eigenvalue weighted by Gasteiger charge is -2.32. The van der Waals surface area contributed by atoms with Crippen LogP contribution in [0.3, 0.4) is 0 Å². The first kappa shape index (κ1) is 23.4. The number of para-hydroxylation sites is 1. The number of hydrogen-bond donors (Lipinski definition) is 1. The van der Waals surface area contributed by atoms with Gasteiger partial charge in [-0.2, -0.15) is 0 Å². The van der Waals surface area contributed by atoms with E-state index in [0.717, 1.165) is 31.4 Å². The molecule has 6 nitrogen and oxygen atoms in total. The SMILES string of the molecule is CCCCCN(C(=O)Nc1ccc(F)cc1F)C(CC)c1nc2ccccc2c(=O)n1C. The Morgan fingerprint density at radius 3 is 2.59 bits per heavy atom. The van der Waals surface area contributed by atoms with Crippen LogP contribution >= 0.6 is 0 Å². The molecule has 3 rings (SSSR count). The first-order valence-corrected chi connectivity index (χ1v) is 10.9. The standard InChI is InChI=1S/C24H28F2N4O2/c1-4-6-9-14-30(24(32)28-20-13-12-16(25)15-18(20)26)21(5-2)22-27-19-11-8-7-10-17(19)23(31)29(22)3/h7-8,10-13,15,21H,4-6,9,14H2,1-3H3,(H,28,32). The normalized spacial score (nSPS) is 12.0. The maximum atomic E-state index is 14.1. The van der Waals surface area contributed by atoms with Crippen molar-refractivity contribution >= 4 is 22.6 Å². The molecule has 1 heterocycles. The van der Waals surface area contributed by atoms with Crippen LogP contribution in [0.2, 0.25) is 0 Å². The average Bonchev–Trinajstić information content (AvgIpc) is 2.78. The predicted molar refractivity (Wildman–Crippen MR) is 122 cm³/mol. The quantitative estimate of drug-likeness (QED) is 0.476. The van der Waals surface area contributed by atoms with Gasteiger partial charge in [0.25, 0.3) is 5.56 Å². The Morgan fingerprint density at radius 1 is 1.16 bits per heavy atom. The number of anilines is 1. The van der Waals surface area contributed by atoms with Gasteiger partial charge in [-0.1, -0.05) is 38.8 Å². The van der Waals surface area contributed by atoms with Gasteiger partial charge in [-0.15, -0.1) is 0 Å². The number of benzene rings is 2. The molecule has 0 saturated carbocycles. The van der Waals surface area contributed by atoms with Crippen molar-refractivity contribution in [3.63, 3.8) is 0 Å². The Kier molecular flexibility index (Phi) is 7.56. The van der Waals surface area contributed by atoms with E-state index in [2.05, 4.69) is 12.2 Å². The molecule has 0 spiro atoms. The third-order valence-corrected chi connectivity index (χ3v) is 5.51. The van der Waals surface area contributed by atoms with E-state index in [9.17, 15) is 18.4 Å². The molecule has 2 amide bonds. The molecule has 0 aliphatic heterocycles. The van der Waals surface area contributed by atoms with Crippen LogP contribution in [0, 0.1) is 11.6 Å². The smallest absolute Gasteiger partial charge is 0.314 e. The third kappa shape index (κ3) is 4.95. The molecule has 0 aliphatic carbocycles. The fraction of sp³-hybridized carbons (Fsp3) is 0.375. The molecule has 0 fully saturated rings. The number of aromatic nitrogens is 2. The van der Waals surface area contributed by atoms with Crippen LogP contribution in [-0.4, -0.2) is 27.0 Å². The summed E-state index contributed by atoms with van der Waals surface area (Å²) < 4.78 is 28.9. The second-order valence-corrected chi connectivity index (χ2v) is 7.73. The molecular weight excluding hydrogens is 414 g/mol. The van der Waals surface area contributed by atoms with Crippen LogP contribution in [0.4, 0.5) is 19.3 Å². The first-order valence-electron chi connectivity index (χ1n) is 10.9. The Bertz CT molecular complexity index is 1160. The Balaban J connectivity index is 2.00. The van der Waals surface area contributed by atoms with Crippen LogP contribution in [0.1, 0.15) is 51.4 Å². The number of nitrogens with zero attached hydrogens (tertiary/aromatic N) is 3. The molecule has 0 saturated heterocycles. The number of nitrogens with one attached hydrogen (secondary N) is 1. The summed E-state index contributed by atoms with van der Waals surface area (Å²) in [6.07, 6.45) is 3.12. The van der Waals surface area contributed by atoms with Crippen LogP contribution in [-0.2, 0) is 7.05 Å². The van der Waals surface area contributed by atoms with E-state index in [4.69, 9.17) is 4.98 Å². The summed E-state index contributed by atoms with van der Waals surface area (Å²) in [6, 6.07) is 9.05. The van der Waals surface area contributed by atoms with Gasteiger partial charge in [0.1, 0.15) is 17.5 Å². The monoisotopic (exact) mass is 442 g/mol. The number of hydrogen-bond acceptors (Lipinski definition) is 3. The maximum Gasteiger partial charge on any atom is 0.322 e. The number of carbonyl (C=O) groups excluding carboxylic acids is 1. The van der Waals surface area contributed by atoms with E-state index in [0.29, 0.717) is 29.7 Å². The number of urea groups is 1. The zero-order chi connectivity index (χ0) is 23.3. The van der Waals surface area contributed by atoms with Gasteiger partial charge < -0.3 is 10.2 Å². The van der Waals surface area contributed by atoms with E-state index in [1.165, 1.54) is 10.6 Å². The van der Waals surface area contributed by atoms with Crippen LogP contribution in [0.25, 0.3) is 10.9 Å². The first-order chi connectivity index (χ1) is 15.4. The second-order valence-electron chi connectivity index (χ2n) is 7.73. The van der Waals surface area contributed by atoms with Crippen molar-refractivity contribution in [2.75, 3.05) is 11.9 Å². The predicted octanol–water partition coefficient (Wildman–Crippen LogP) is 5.39. The number of amides is 2. The number of carbonyl (C=O) groups is 1. The molecule has 0 radical (unpaired) electrons. The Labute approximate surface area is 185 Å². The molecule has 1 aromatic heterocycles. The minimum atomic E-state index is -0.851. The average molecular weight is 443 g/mol. The highest BCUT2D eigenvalue weighted by Gasteiger charge is 2.28. The number of unbranched alkanes of at least 4 members (excludes halogenated alkanes) is 2. The maximum absolute atomic E-state index is 14.1. The zero-order valence-corrected chi connectivity index (χ0v) is 18.6. The van der Waals surface area contributed by atoms with Gasteiger partial charge in [-0.05, 0) is 37.1 Å². The Hall–Kier alpha value is -3.29. The number of halogens is 2. The third-order valence-electron chi connectivity index (χ3n) is 5.51. The summed E-state index contributed by atoms with van der Waals surface area (Å²) in [6.45, 7) is 4.37. The molecule has 170 valence electrons. The van der Waals surface area contributed by atoms with Crippen molar-refractivity contribution in [3.05, 3.63) is 70.3 Å². The zero-order valence-electron chi connectivity index (χ0n) is 18.6. The molecule has 0 bridgehead atoms. The fourth-order valence-electron chi connectivity index (χ4n) is 3.78. The van der Waals surface area contributed by atoms with Crippen molar-refractivity contribution in [2.24, 2.45) is 7.05 Å². The molecule has 1 atom stereocenters. The highest BCUT2D eigenvalue weighted by atomic mass is 19.1. The molecule has 3 aromatic rings. The number of rotatable bonds is 8. The highest BCUT2D eigenvalue weighted by Crippen LogP contribution is 2.26. The van der Waals surface area contributed by atoms with Gasteiger partial charge >= 0.3 is 6.03 Å². The fourth-order valence-corrected chi connectivity index (χ4v) is 3.78. The second kappa shape index (κ2) is 10.3.